The standard InChI is InChI=1S/C15H26N2O2/c1-15(2,12-18)11-16-13-6-5-7-14(10-13)19-9-8-17(3)4/h5-7,10,16,18H,8-9,11-12H2,1-4H3. The van der Waals surface area contributed by atoms with Gasteiger partial charge in [0.2, 0.25) is 0 Å². The van der Waals surface area contributed by atoms with Gasteiger partial charge in [0, 0.05) is 36.9 Å². The summed E-state index contributed by atoms with van der Waals surface area (Å²) in [4.78, 5) is 2.09. The summed E-state index contributed by atoms with van der Waals surface area (Å²) < 4.78 is 5.68. The third-order valence-electron chi connectivity index (χ3n) is 2.84. The van der Waals surface area contributed by atoms with Crippen LogP contribution in [0.15, 0.2) is 24.3 Å². The van der Waals surface area contributed by atoms with Gasteiger partial charge in [-0.05, 0) is 26.2 Å². The van der Waals surface area contributed by atoms with Crippen LogP contribution in [0.3, 0.4) is 0 Å². The average Bonchev–Trinajstić information content (AvgIpc) is 2.37. The minimum Gasteiger partial charge on any atom is -0.492 e. The molecule has 0 aliphatic heterocycles. The Hall–Kier alpha value is -1.26. The number of rotatable bonds is 8. The fourth-order valence-corrected chi connectivity index (χ4v) is 1.44. The molecule has 0 atom stereocenters. The van der Waals surface area contributed by atoms with E-state index in [9.17, 15) is 5.11 Å². The second-order valence-corrected chi connectivity index (χ2v) is 5.86. The first-order valence-electron chi connectivity index (χ1n) is 6.65. The highest BCUT2D eigenvalue weighted by Gasteiger charge is 2.15. The fourth-order valence-electron chi connectivity index (χ4n) is 1.44. The van der Waals surface area contributed by atoms with Crippen LogP contribution in [0.4, 0.5) is 5.69 Å². The summed E-state index contributed by atoms with van der Waals surface area (Å²) in [5.41, 5.74) is 0.894. The maximum Gasteiger partial charge on any atom is 0.121 e. The lowest BCUT2D eigenvalue weighted by Gasteiger charge is -2.22. The van der Waals surface area contributed by atoms with Gasteiger partial charge in [-0.15, -0.1) is 0 Å². The SMILES string of the molecule is CN(C)CCOc1cccc(NCC(C)(C)CO)c1. The molecule has 0 aliphatic rings. The van der Waals surface area contributed by atoms with E-state index in [0.717, 1.165) is 24.5 Å². The van der Waals surface area contributed by atoms with Crippen molar-refractivity contribution in [3.63, 3.8) is 0 Å². The summed E-state index contributed by atoms with van der Waals surface area (Å²) in [5.74, 6) is 0.869. The first kappa shape index (κ1) is 15.8. The van der Waals surface area contributed by atoms with Crippen LogP contribution in [0.5, 0.6) is 5.75 Å². The van der Waals surface area contributed by atoms with Crippen molar-refractivity contribution in [2.45, 2.75) is 13.8 Å². The van der Waals surface area contributed by atoms with Gasteiger partial charge in [0.1, 0.15) is 12.4 Å². The van der Waals surface area contributed by atoms with Gasteiger partial charge in [0.15, 0.2) is 0 Å². The number of hydrogen-bond donors (Lipinski definition) is 2. The Morgan fingerprint density at radius 3 is 2.68 bits per heavy atom. The monoisotopic (exact) mass is 266 g/mol. The number of hydrogen-bond acceptors (Lipinski definition) is 4. The molecule has 19 heavy (non-hydrogen) atoms. The highest BCUT2D eigenvalue weighted by Crippen LogP contribution is 2.20. The maximum atomic E-state index is 9.23. The predicted molar refractivity (Wildman–Crippen MR) is 79.8 cm³/mol. The molecule has 0 amide bonds. The van der Waals surface area contributed by atoms with E-state index in [1.165, 1.54) is 0 Å². The van der Waals surface area contributed by atoms with Crippen LogP contribution in [0.1, 0.15) is 13.8 Å². The summed E-state index contributed by atoms with van der Waals surface area (Å²) in [5, 5.41) is 12.6. The molecule has 0 unspecified atom stereocenters. The fraction of sp³-hybridized carbons (Fsp3) is 0.600. The number of ether oxygens (including phenoxy) is 1. The Morgan fingerprint density at radius 1 is 1.32 bits per heavy atom. The van der Waals surface area contributed by atoms with E-state index in [2.05, 4.69) is 10.2 Å². The largest absolute Gasteiger partial charge is 0.492 e. The van der Waals surface area contributed by atoms with Gasteiger partial charge in [-0.1, -0.05) is 19.9 Å². The Labute approximate surface area is 116 Å². The Morgan fingerprint density at radius 2 is 2.05 bits per heavy atom. The van der Waals surface area contributed by atoms with Gasteiger partial charge < -0.3 is 20.1 Å². The van der Waals surface area contributed by atoms with Gasteiger partial charge in [-0.3, -0.25) is 0 Å². The van der Waals surface area contributed by atoms with Gasteiger partial charge in [-0.25, -0.2) is 0 Å². The quantitative estimate of drug-likeness (QED) is 0.756. The molecule has 1 aromatic carbocycles. The molecule has 4 heteroatoms. The number of anilines is 1. The molecule has 0 saturated carbocycles. The molecule has 0 heterocycles. The summed E-state index contributed by atoms with van der Waals surface area (Å²) in [7, 11) is 4.05. The molecule has 0 bridgehead atoms. The molecular formula is C15H26N2O2. The van der Waals surface area contributed by atoms with Crippen LogP contribution >= 0.6 is 0 Å². The predicted octanol–water partition coefficient (Wildman–Crippen LogP) is 2.06. The minimum atomic E-state index is -0.123. The lowest BCUT2D eigenvalue weighted by Crippen LogP contribution is -2.26. The highest BCUT2D eigenvalue weighted by atomic mass is 16.5. The van der Waals surface area contributed by atoms with E-state index < -0.39 is 0 Å². The molecule has 0 aromatic heterocycles. The lowest BCUT2D eigenvalue weighted by atomic mass is 9.95. The summed E-state index contributed by atoms with van der Waals surface area (Å²) in [6.07, 6.45) is 0. The van der Waals surface area contributed by atoms with E-state index in [-0.39, 0.29) is 12.0 Å². The first-order chi connectivity index (χ1) is 8.93. The van der Waals surface area contributed by atoms with Gasteiger partial charge in [-0.2, -0.15) is 0 Å². The molecule has 0 fully saturated rings. The smallest absolute Gasteiger partial charge is 0.121 e. The van der Waals surface area contributed by atoms with Gasteiger partial charge in [0.25, 0.3) is 0 Å². The van der Waals surface area contributed by atoms with Crippen LogP contribution in [0.2, 0.25) is 0 Å². The van der Waals surface area contributed by atoms with Crippen LogP contribution in [0, 0.1) is 5.41 Å². The highest BCUT2D eigenvalue weighted by molar-refractivity contribution is 5.48. The zero-order valence-electron chi connectivity index (χ0n) is 12.4. The second-order valence-electron chi connectivity index (χ2n) is 5.86. The van der Waals surface area contributed by atoms with Crippen LogP contribution in [0.25, 0.3) is 0 Å². The molecule has 0 saturated heterocycles. The zero-order chi connectivity index (χ0) is 14.3. The van der Waals surface area contributed by atoms with E-state index >= 15 is 0 Å². The topological polar surface area (TPSA) is 44.7 Å². The Bertz CT molecular complexity index is 378. The van der Waals surface area contributed by atoms with Gasteiger partial charge >= 0.3 is 0 Å². The van der Waals surface area contributed by atoms with E-state index in [4.69, 9.17) is 4.74 Å². The Kier molecular flexibility index (Phi) is 6.12. The molecule has 2 N–H and O–H groups in total. The lowest BCUT2D eigenvalue weighted by molar-refractivity contribution is 0.171. The van der Waals surface area contributed by atoms with Crippen molar-refractivity contribution in [3.05, 3.63) is 24.3 Å². The third-order valence-corrected chi connectivity index (χ3v) is 2.84. The van der Waals surface area contributed by atoms with Crippen molar-refractivity contribution in [3.8, 4) is 5.75 Å². The molecule has 4 nitrogen and oxygen atoms in total. The molecular weight excluding hydrogens is 240 g/mol. The summed E-state index contributed by atoms with van der Waals surface area (Å²) in [6, 6.07) is 7.92. The zero-order valence-corrected chi connectivity index (χ0v) is 12.4. The third kappa shape index (κ3) is 6.45. The first-order valence-corrected chi connectivity index (χ1v) is 6.65. The van der Waals surface area contributed by atoms with Gasteiger partial charge in [0.05, 0.1) is 0 Å². The molecule has 0 radical (unpaired) electrons. The molecule has 0 spiro atoms. The minimum absolute atomic E-state index is 0.123. The molecule has 0 aliphatic carbocycles. The number of aliphatic hydroxyl groups excluding tert-OH is 1. The number of likely N-dealkylation sites (N-methyl/N-ethyl adjacent to an activating group) is 1. The average molecular weight is 266 g/mol. The second kappa shape index (κ2) is 7.36. The van der Waals surface area contributed by atoms with Crippen molar-refractivity contribution < 1.29 is 9.84 Å². The number of aliphatic hydroxyl groups is 1. The van der Waals surface area contributed by atoms with Crippen molar-refractivity contribution >= 4 is 5.69 Å². The van der Waals surface area contributed by atoms with Crippen molar-refractivity contribution in [2.75, 3.05) is 45.7 Å². The Balaban J connectivity index is 2.48. The van der Waals surface area contributed by atoms with Crippen molar-refractivity contribution in [1.29, 1.82) is 0 Å². The summed E-state index contributed by atoms with van der Waals surface area (Å²) >= 11 is 0. The number of nitrogens with zero attached hydrogens (tertiary/aromatic N) is 1. The van der Waals surface area contributed by atoms with Crippen LogP contribution < -0.4 is 10.1 Å². The molecule has 1 aromatic rings. The van der Waals surface area contributed by atoms with E-state index in [0.29, 0.717) is 6.61 Å². The number of benzene rings is 1. The molecule has 1 rings (SSSR count). The maximum absolute atomic E-state index is 9.23. The van der Waals surface area contributed by atoms with Crippen LogP contribution in [-0.4, -0.2) is 50.4 Å². The van der Waals surface area contributed by atoms with Crippen molar-refractivity contribution in [1.82, 2.24) is 4.90 Å². The molecule has 108 valence electrons. The van der Waals surface area contributed by atoms with Crippen LogP contribution in [-0.2, 0) is 0 Å². The number of nitrogens with one attached hydrogen (secondary N) is 1. The normalized spacial score (nSPS) is 11.7. The van der Waals surface area contributed by atoms with E-state index in [1.54, 1.807) is 0 Å². The van der Waals surface area contributed by atoms with E-state index in [1.807, 2.05) is 52.2 Å². The van der Waals surface area contributed by atoms with Crippen molar-refractivity contribution in [2.24, 2.45) is 5.41 Å². The summed E-state index contributed by atoms with van der Waals surface area (Å²) in [6.45, 7) is 6.52.